The average molecular weight is 332 g/mol. The Morgan fingerprint density at radius 3 is 2.58 bits per heavy atom. The van der Waals surface area contributed by atoms with Crippen LogP contribution in [0.2, 0.25) is 0 Å². The van der Waals surface area contributed by atoms with Gasteiger partial charge in [0, 0.05) is 23.2 Å². The van der Waals surface area contributed by atoms with E-state index in [2.05, 4.69) is 9.72 Å². The molecule has 0 saturated heterocycles. The van der Waals surface area contributed by atoms with Gasteiger partial charge in [-0.05, 0) is 41.3 Å². The number of rotatable bonds is 5. The summed E-state index contributed by atoms with van der Waals surface area (Å²) < 4.78 is 28.6. The quantitative estimate of drug-likeness (QED) is 0.495. The van der Waals surface area contributed by atoms with Gasteiger partial charge in [0.2, 0.25) is 0 Å². The van der Waals surface area contributed by atoms with E-state index in [4.69, 9.17) is 5.21 Å². The number of nitrogens with one attached hydrogen (secondary N) is 2. The molecule has 1 heterocycles. The van der Waals surface area contributed by atoms with Crippen LogP contribution in [0.4, 0.5) is 8.78 Å². The maximum Gasteiger partial charge on any atom is 0.387 e. The molecule has 5 nitrogen and oxygen atoms in total. The van der Waals surface area contributed by atoms with Crippen molar-refractivity contribution in [2.75, 3.05) is 0 Å². The van der Waals surface area contributed by atoms with E-state index in [0.717, 1.165) is 22.2 Å². The Bertz CT molecular complexity index is 860. The molecule has 0 aliphatic rings. The van der Waals surface area contributed by atoms with Gasteiger partial charge in [-0.2, -0.15) is 8.78 Å². The number of hydrogen-bond donors (Lipinski definition) is 3. The second-order valence-electron chi connectivity index (χ2n) is 5.24. The molecule has 124 valence electrons. The first kappa shape index (κ1) is 15.9. The van der Waals surface area contributed by atoms with Gasteiger partial charge in [0.1, 0.15) is 5.75 Å². The van der Waals surface area contributed by atoms with Crippen LogP contribution in [0.1, 0.15) is 21.6 Å². The zero-order valence-corrected chi connectivity index (χ0v) is 12.4. The van der Waals surface area contributed by atoms with Crippen LogP contribution in [-0.2, 0) is 6.42 Å². The number of amides is 1. The highest BCUT2D eigenvalue weighted by Gasteiger charge is 2.08. The smallest absolute Gasteiger partial charge is 0.387 e. The highest BCUT2D eigenvalue weighted by molar-refractivity contribution is 5.97. The number of benzene rings is 2. The SMILES string of the molecule is O=C(NO)c1ccc2cc(Cc3ccc(OC(F)F)cc3)[nH]c2c1. The Kier molecular flexibility index (Phi) is 4.43. The molecule has 0 aliphatic heterocycles. The van der Waals surface area contributed by atoms with Crippen molar-refractivity contribution in [3.05, 3.63) is 65.4 Å². The van der Waals surface area contributed by atoms with Crippen molar-refractivity contribution in [3.63, 3.8) is 0 Å². The Morgan fingerprint density at radius 2 is 1.92 bits per heavy atom. The first-order chi connectivity index (χ1) is 11.5. The first-order valence-corrected chi connectivity index (χ1v) is 7.15. The molecule has 3 N–H and O–H groups in total. The highest BCUT2D eigenvalue weighted by atomic mass is 19.3. The van der Waals surface area contributed by atoms with E-state index in [1.165, 1.54) is 12.1 Å². The van der Waals surface area contributed by atoms with Gasteiger partial charge in [0.15, 0.2) is 0 Å². The van der Waals surface area contributed by atoms with Crippen molar-refractivity contribution in [2.24, 2.45) is 0 Å². The number of H-pyrrole nitrogens is 1. The third kappa shape index (κ3) is 3.52. The molecule has 0 atom stereocenters. The second kappa shape index (κ2) is 6.67. The van der Waals surface area contributed by atoms with Crippen molar-refractivity contribution in [2.45, 2.75) is 13.0 Å². The van der Waals surface area contributed by atoms with Crippen LogP contribution < -0.4 is 10.2 Å². The van der Waals surface area contributed by atoms with Gasteiger partial charge >= 0.3 is 6.61 Å². The van der Waals surface area contributed by atoms with Gasteiger partial charge in [-0.15, -0.1) is 0 Å². The number of hydroxylamine groups is 1. The van der Waals surface area contributed by atoms with Crippen LogP contribution in [0.3, 0.4) is 0 Å². The van der Waals surface area contributed by atoms with Gasteiger partial charge in [0.25, 0.3) is 5.91 Å². The third-order valence-electron chi connectivity index (χ3n) is 3.59. The molecule has 0 saturated carbocycles. The van der Waals surface area contributed by atoms with E-state index in [-0.39, 0.29) is 5.75 Å². The molecular formula is C17H14F2N2O3. The minimum absolute atomic E-state index is 0.116. The summed E-state index contributed by atoms with van der Waals surface area (Å²) in [5, 5.41) is 9.60. The summed E-state index contributed by atoms with van der Waals surface area (Å²) in [5.74, 6) is -0.465. The molecule has 7 heteroatoms. The molecule has 0 unspecified atom stereocenters. The summed E-state index contributed by atoms with van der Waals surface area (Å²) in [5.41, 5.74) is 4.54. The molecule has 0 fully saturated rings. The van der Waals surface area contributed by atoms with E-state index in [1.807, 2.05) is 6.07 Å². The summed E-state index contributed by atoms with van der Waals surface area (Å²) >= 11 is 0. The van der Waals surface area contributed by atoms with Crippen molar-refractivity contribution in [1.82, 2.24) is 10.5 Å². The molecule has 1 amide bonds. The Hall–Kier alpha value is -2.93. The largest absolute Gasteiger partial charge is 0.435 e. The standard InChI is InChI=1S/C17H14F2N2O3/c18-17(19)24-14-5-1-10(2-6-14)7-13-8-11-3-4-12(16(22)21-23)9-15(11)20-13/h1-6,8-9,17,20,23H,7H2,(H,21,22). The summed E-state index contributed by atoms with van der Waals surface area (Å²) in [4.78, 5) is 14.6. The van der Waals surface area contributed by atoms with Crippen molar-refractivity contribution in [1.29, 1.82) is 0 Å². The van der Waals surface area contributed by atoms with Gasteiger partial charge in [-0.25, -0.2) is 5.48 Å². The first-order valence-electron chi connectivity index (χ1n) is 7.15. The molecule has 0 spiro atoms. The number of hydrogen-bond acceptors (Lipinski definition) is 3. The molecule has 24 heavy (non-hydrogen) atoms. The van der Waals surface area contributed by atoms with Crippen LogP contribution in [0.5, 0.6) is 5.75 Å². The molecule has 3 rings (SSSR count). The lowest BCUT2D eigenvalue weighted by atomic mass is 10.1. The number of alkyl halides is 2. The zero-order chi connectivity index (χ0) is 17.1. The van der Waals surface area contributed by atoms with E-state index >= 15 is 0 Å². The Morgan fingerprint density at radius 1 is 1.17 bits per heavy atom. The molecule has 0 aliphatic carbocycles. The average Bonchev–Trinajstić information content (AvgIpc) is 2.96. The summed E-state index contributed by atoms with van der Waals surface area (Å²) in [6, 6.07) is 13.4. The van der Waals surface area contributed by atoms with Gasteiger partial charge in [-0.1, -0.05) is 18.2 Å². The highest BCUT2D eigenvalue weighted by Crippen LogP contribution is 2.21. The molecule has 1 aromatic heterocycles. The Balaban J connectivity index is 1.78. The topological polar surface area (TPSA) is 74.3 Å². The zero-order valence-electron chi connectivity index (χ0n) is 12.4. The molecule has 2 aromatic carbocycles. The fourth-order valence-electron chi connectivity index (χ4n) is 2.50. The maximum atomic E-state index is 12.1. The molecule has 3 aromatic rings. The monoisotopic (exact) mass is 332 g/mol. The predicted octanol–water partition coefficient (Wildman–Crippen LogP) is 3.48. The van der Waals surface area contributed by atoms with E-state index in [9.17, 15) is 13.6 Å². The number of aromatic amines is 1. The number of ether oxygens (including phenoxy) is 1. The number of carbonyl (C=O) groups is 1. The lowest BCUT2D eigenvalue weighted by molar-refractivity contribution is -0.0498. The number of aromatic nitrogens is 1. The fourth-order valence-corrected chi connectivity index (χ4v) is 2.50. The number of fused-ring (bicyclic) bond motifs is 1. The number of carbonyl (C=O) groups excluding carboxylic acids is 1. The maximum absolute atomic E-state index is 12.1. The molecule has 0 bridgehead atoms. The minimum Gasteiger partial charge on any atom is -0.435 e. The summed E-state index contributed by atoms with van der Waals surface area (Å²) in [6.45, 7) is -2.84. The predicted molar refractivity (Wildman–Crippen MR) is 83.4 cm³/mol. The molecule has 0 radical (unpaired) electrons. The van der Waals surface area contributed by atoms with Crippen LogP contribution in [0.15, 0.2) is 48.5 Å². The lowest BCUT2D eigenvalue weighted by Crippen LogP contribution is -2.18. The van der Waals surface area contributed by atoms with Crippen LogP contribution in [0.25, 0.3) is 10.9 Å². The van der Waals surface area contributed by atoms with Crippen LogP contribution >= 0.6 is 0 Å². The van der Waals surface area contributed by atoms with Crippen molar-refractivity contribution in [3.8, 4) is 5.75 Å². The van der Waals surface area contributed by atoms with E-state index < -0.39 is 12.5 Å². The second-order valence-corrected chi connectivity index (χ2v) is 5.24. The van der Waals surface area contributed by atoms with E-state index in [1.54, 1.807) is 35.8 Å². The normalized spacial score (nSPS) is 11.0. The minimum atomic E-state index is -2.84. The van der Waals surface area contributed by atoms with Crippen LogP contribution in [0, 0.1) is 0 Å². The van der Waals surface area contributed by atoms with Gasteiger partial charge in [-0.3, -0.25) is 10.0 Å². The van der Waals surface area contributed by atoms with Crippen LogP contribution in [-0.4, -0.2) is 22.7 Å². The fraction of sp³-hybridized carbons (Fsp3) is 0.118. The summed E-state index contributed by atoms with van der Waals surface area (Å²) in [7, 11) is 0. The van der Waals surface area contributed by atoms with Crippen molar-refractivity contribution < 1.29 is 23.5 Å². The molecular weight excluding hydrogens is 318 g/mol. The lowest BCUT2D eigenvalue weighted by Gasteiger charge is -2.05. The van der Waals surface area contributed by atoms with E-state index in [0.29, 0.717) is 12.0 Å². The van der Waals surface area contributed by atoms with Gasteiger partial charge < -0.3 is 9.72 Å². The Labute approximate surface area is 135 Å². The van der Waals surface area contributed by atoms with Gasteiger partial charge in [0.05, 0.1) is 0 Å². The number of halogens is 2. The summed E-state index contributed by atoms with van der Waals surface area (Å²) in [6.07, 6.45) is 0.575. The van der Waals surface area contributed by atoms with Crippen molar-refractivity contribution >= 4 is 16.8 Å². The third-order valence-corrected chi connectivity index (χ3v) is 3.59.